The summed E-state index contributed by atoms with van der Waals surface area (Å²) in [7, 11) is 0. The first kappa shape index (κ1) is 13.6. The van der Waals surface area contributed by atoms with Crippen molar-refractivity contribution in [2.45, 2.75) is 37.6 Å². The number of fused-ring (bicyclic) bond motifs is 1. The van der Waals surface area contributed by atoms with Crippen LogP contribution in [0.25, 0.3) is 0 Å². The van der Waals surface area contributed by atoms with Crippen LogP contribution in [0.15, 0.2) is 18.2 Å². The Morgan fingerprint density at radius 3 is 2.71 bits per heavy atom. The second-order valence-electron chi connectivity index (χ2n) is 5.76. The van der Waals surface area contributed by atoms with Crippen molar-refractivity contribution in [2.75, 3.05) is 5.32 Å². The fraction of sp³-hybridized carbons (Fsp3) is 0.400. The van der Waals surface area contributed by atoms with E-state index in [1.54, 1.807) is 18.2 Å². The predicted molar refractivity (Wildman–Crippen MR) is 75.1 cm³/mol. The van der Waals surface area contributed by atoms with Crippen molar-refractivity contribution >= 4 is 23.5 Å². The summed E-state index contributed by atoms with van der Waals surface area (Å²) in [5, 5.41) is 14.5. The van der Waals surface area contributed by atoms with Gasteiger partial charge < -0.3 is 15.7 Å². The molecule has 1 fully saturated rings. The lowest BCUT2D eigenvalue weighted by molar-refractivity contribution is -0.139. The molecule has 0 bridgehead atoms. The third-order valence-corrected chi connectivity index (χ3v) is 4.18. The van der Waals surface area contributed by atoms with Gasteiger partial charge in [-0.05, 0) is 37.0 Å². The molecular weight excluding hydrogens is 272 g/mol. The summed E-state index contributed by atoms with van der Waals surface area (Å²) >= 11 is 0. The summed E-state index contributed by atoms with van der Waals surface area (Å²) in [6, 6.07) is 5.07. The van der Waals surface area contributed by atoms with E-state index in [0.717, 1.165) is 12.0 Å². The fourth-order valence-electron chi connectivity index (χ4n) is 2.91. The van der Waals surface area contributed by atoms with Gasteiger partial charge in [-0.15, -0.1) is 0 Å². The molecule has 1 saturated carbocycles. The minimum absolute atomic E-state index is 0.0551. The smallest absolute Gasteiger partial charge is 0.305 e. The van der Waals surface area contributed by atoms with Gasteiger partial charge in [0.25, 0.3) is 5.91 Å². The summed E-state index contributed by atoms with van der Waals surface area (Å²) in [6.45, 7) is 0. The first-order valence-corrected chi connectivity index (χ1v) is 6.95. The van der Waals surface area contributed by atoms with Gasteiger partial charge in [-0.1, -0.05) is 6.07 Å². The van der Waals surface area contributed by atoms with Gasteiger partial charge in [0.05, 0.1) is 18.4 Å². The number of hydrogen-bond donors (Lipinski definition) is 3. The van der Waals surface area contributed by atoms with Crippen LogP contribution in [0.5, 0.6) is 0 Å². The second kappa shape index (κ2) is 4.87. The SMILES string of the molecule is O=C(O)CC1(NC(=O)c2ccc3c(c2)NC(=O)C3)CCC1. The zero-order chi connectivity index (χ0) is 15.0. The molecule has 0 atom stereocenters. The van der Waals surface area contributed by atoms with Gasteiger partial charge in [0.2, 0.25) is 5.91 Å². The number of amides is 2. The van der Waals surface area contributed by atoms with E-state index >= 15 is 0 Å². The van der Waals surface area contributed by atoms with E-state index < -0.39 is 11.5 Å². The Bertz CT molecular complexity index is 635. The van der Waals surface area contributed by atoms with Crippen molar-refractivity contribution < 1.29 is 19.5 Å². The molecule has 1 heterocycles. The van der Waals surface area contributed by atoms with Crippen molar-refractivity contribution in [3.63, 3.8) is 0 Å². The Balaban J connectivity index is 1.75. The molecule has 0 aromatic heterocycles. The molecule has 0 radical (unpaired) electrons. The molecule has 1 aliphatic carbocycles. The van der Waals surface area contributed by atoms with E-state index in [1.165, 1.54) is 0 Å². The number of benzene rings is 1. The van der Waals surface area contributed by atoms with Crippen LogP contribution in [0.4, 0.5) is 5.69 Å². The quantitative estimate of drug-likeness (QED) is 0.778. The van der Waals surface area contributed by atoms with Crippen LogP contribution < -0.4 is 10.6 Å². The summed E-state index contributed by atoms with van der Waals surface area (Å²) in [6.07, 6.45) is 2.58. The zero-order valence-electron chi connectivity index (χ0n) is 11.4. The number of aliphatic carboxylic acids is 1. The molecule has 3 rings (SSSR count). The highest BCUT2D eigenvalue weighted by Gasteiger charge is 2.40. The zero-order valence-corrected chi connectivity index (χ0v) is 11.4. The minimum Gasteiger partial charge on any atom is -0.481 e. The maximum absolute atomic E-state index is 12.3. The van der Waals surface area contributed by atoms with Gasteiger partial charge in [0.15, 0.2) is 0 Å². The van der Waals surface area contributed by atoms with Crippen LogP contribution in [0.3, 0.4) is 0 Å². The average molecular weight is 288 g/mol. The van der Waals surface area contributed by atoms with E-state index in [4.69, 9.17) is 5.11 Å². The van der Waals surface area contributed by atoms with Crippen molar-refractivity contribution in [3.05, 3.63) is 29.3 Å². The number of carboxylic acid groups (broad SMARTS) is 1. The van der Waals surface area contributed by atoms with E-state index in [0.29, 0.717) is 30.5 Å². The Hall–Kier alpha value is -2.37. The van der Waals surface area contributed by atoms with Gasteiger partial charge in [0.1, 0.15) is 0 Å². The van der Waals surface area contributed by atoms with E-state index in [-0.39, 0.29) is 18.2 Å². The standard InChI is InChI=1S/C15H16N2O4/c18-12-7-9-2-3-10(6-11(9)16-12)14(21)17-15(4-1-5-15)8-13(19)20/h2-3,6H,1,4-5,7-8H2,(H,16,18)(H,17,21)(H,19,20). The molecule has 3 N–H and O–H groups in total. The van der Waals surface area contributed by atoms with Crippen LogP contribution >= 0.6 is 0 Å². The highest BCUT2D eigenvalue weighted by Crippen LogP contribution is 2.35. The normalized spacial score (nSPS) is 18.4. The number of hydrogen-bond acceptors (Lipinski definition) is 3. The molecule has 1 aliphatic heterocycles. The monoisotopic (exact) mass is 288 g/mol. The first-order chi connectivity index (χ1) is 9.97. The lowest BCUT2D eigenvalue weighted by Crippen LogP contribution is -2.54. The van der Waals surface area contributed by atoms with Gasteiger partial charge >= 0.3 is 5.97 Å². The molecule has 6 heteroatoms. The number of rotatable bonds is 4. The number of anilines is 1. The Morgan fingerprint density at radius 1 is 1.33 bits per heavy atom. The molecule has 0 saturated heterocycles. The molecule has 1 aromatic rings. The number of carbonyl (C=O) groups is 3. The van der Waals surface area contributed by atoms with Crippen LogP contribution in [0, 0.1) is 0 Å². The molecule has 21 heavy (non-hydrogen) atoms. The first-order valence-electron chi connectivity index (χ1n) is 6.95. The Labute approximate surface area is 121 Å². The van der Waals surface area contributed by atoms with E-state index in [1.807, 2.05) is 0 Å². The predicted octanol–water partition coefficient (Wildman–Crippen LogP) is 1.31. The van der Waals surface area contributed by atoms with Gasteiger partial charge in [-0.3, -0.25) is 14.4 Å². The van der Waals surface area contributed by atoms with Gasteiger partial charge in [0, 0.05) is 11.3 Å². The van der Waals surface area contributed by atoms with Crippen molar-refractivity contribution in [1.29, 1.82) is 0 Å². The fourth-order valence-corrected chi connectivity index (χ4v) is 2.91. The maximum atomic E-state index is 12.3. The Kier molecular flexibility index (Phi) is 3.16. The molecule has 2 amide bonds. The molecule has 2 aliphatic rings. The lowest BCUT2D eigenvalue weighted by atomic mass is 9.74. The van der Waals surface area contributed by atoms with Crippen molar-refractivity contribution in [2.24, 2.45) is 0 Å². The average Bonchev–Trinajstić information content (AvgIpc) is 2.74. The van der Waals surface area contributed by atoms with Crippen molar-refractivity contribution in [3.8, 4) is 0 Å². The van der Waals surface area contributed by atoms with E-state index in [9.17, 15) is 14.4 Å². The van der Waals surface area contributed by atoms with Gasteiger partial charge in [-0.25, -0.2) is 0 Å². The van der Waals surface area contributed by atoms with E-state index in [2.05, 4.69) is 10.6 Å². The van der Waals surface area contributed by atoms with Crippen LogP contribution in [-0.4, -0.2) is 28.4 Å². The maximum Gasteiger partial charge on any atom is 0.305 e. The molecule has 0 spiro atoms. The second-order valence-corrected chi connectivity index (χ2v) is 5.76. The molecule has 0 unspecified atom stereocenters. The molecular formula is C15H16N2O4. The van der Waals surface area contributed by atoms with Gasteiger partial charge in [-0.2, -0.15) is 0 Å². The largest absolute Gasteiger partial charge is 0.481 e. The van der Waals surface area contributed by atoms with Crippen LogP contribution in [0.2, 0.25) is 0 Å². The van der Waals surface area contributed by atoms with Crippen molar-refractivity contribution in [1.82, 2.24) is 5.32 Å². The summed E-state index contributed by atoms with van der Waals surface area (Å²) in [4.78, 5) is 34.5. The third kappa shape index (κ3) is 2.61. The van der Waals surface area contributed by atoms with Crippen LogP contribution in [-0.2, 0) is 16.0 Å². The number of carboxylic acids is 1. The Morgan fingerprint density at radius 2 is 2.10 bits per heavy atom. The topological polar surface area (TPSA) is 95.5 Å². The lowest BCUT2D eigenvalue weighted by Gasteiger charge is -2.41. The highest BCUT2D eigenvalue weighted by molar-refractivity contribution is 6.02. The number of nitrogens with one attached hydrogen (secondary N) is 2. The minimum atomic E-state index is -0.906. The third-order valence-electron chi connectivity index (χ3n) is 4.18. The molecule has 110 valence electrons. The summed E-state index contributed by atoms with van der Waals surface area (Å²) in [5.74, 6) is -1.28. The number of carbonyl (C=O) groups excluding carboxylic acids is 2. The highest BCUT2D eigenvalue weighted by atomic mass is 16.4. The molecule has 6 nitrogen and oxygen atoms in total. The summed E-state index contributed by atoms with van der Waals surface area (Å²) in [5.41, 5.74) is 1.35. The van der Waals surface area contributed by atoms with Crippen LogP contribution in [0.1, 0.15) is 41.6 Å². The summed E-state index contributed by atoms with van der Waals surface area (Å²) < 4.78 is 0. The molecule has 1 aromatic carbocycles.